The van der Waals surface area contributed by atoms with E-state index in [1.807, 2.05) is 64.9 Å². The number of nitrogens with zero attached hydrogens (tertiary/aromatic N) is 2. The molecule has 1 amide bonds. The number of anilines is 1. The molecule has 1 atom stereocenters. The minimum atomic E-state index is -0.0329. The Hall–Kier alpha value is -2.22. The number of benzene rings is 2. The lowest BCUT2D eigenvalue weighted by molar-refractivity contribution is -0.116. The molecule has 2 heterocycles. The maximum Gasteiger partial charge on any atom is 0.228 e. The number of rotatable bonds is 5. The smallest absolute Gasteiger partial charge is 0.228 e. The molecule has 1 unspecified atom stereocenters. The monoisotopic (exact) mass is 418 g/mol. The van der Waals surface area contributed by atoms with Crippen LogP contribution in [0.1, 0.15) is 6.42 Å². The normalized spacial score (nSPS) is 16.4. The van der Waals surface area contributed by atoms with Gasteiger partial charge in [-0.1, -0.05) is 18.2 Å². The number of thioether (sulfide) groups is 1. The number of aromatic nitrogens is 2. The van der Waals surface area contributed by atoms with Crippen LogP contribution in [0.3, 0.4) is 0 Å². The van der Waals surface area contributed by atoms with Crippen molar-refractivity contribution < 1.29 is 9.53 Å². The van der Waals surface area contributed by atoms with Crippen molar-refractivity contribution in [1.82, 2.24) is 14.9 Å². The van der Waals surface area contributed by atoms with Gasteiger partial charge in [0.1, 0.15) is 5.75 Å². The number of methoxy groups -OCH3 is 1. The maximum atomic E-state index is 12.6. The molecule has 1 aromatic heterocycles. The number of carbonyl (C=O) groups is 1. The zero-order valence-electron chi connectivity index (χ0n) is 15.6. The number of imidazole rings is 1. The Kier molecular flexibility index (Phi) is 6.83. The Balaban J connectivity index is 0.00000225. The lowest BCUT2D eigenvalue weighted by Gasteiger charge is -2.22. The summed E-state index contributed by atoms with van der Waals surface area (Å²) in [7, 11) is 1.64. The van der Waals surface area contributed by atoms with Crippen molar-refractivity contribution in [1.29, 1.82) is 0 Å². The molecule has 8 heteroatoms. The van der Waals surface area contributed by atoms with Crippen LogP contribution in [0.4, 0.5) is 5.95 Å². The van der Waals surface area contributed by atoms with E-state index in [1.165, 1.54) is 0 Å². The molecule has 3 aromatic rings. The quantitative estimate of drug-likeness (QED) is 0.663. The standard InChI is InChI=1S/C20H22N4O2S.ClH/c1-26-16-6-4-5-15(12-16)24-18-8-3-2-7-17(18)22-20(24)23-19(25)11-14-13-27-10-9-21-14;/h2-8,12,14,21H,9-11,13H2,1H3,(H,22,23,25);1H. The first-order valence-electron chi connectivity index (χ1n) is 8.97. The number of para-hydroxylation sites is 2. The lowest BCUT2D eigenvalue weighted by atomic mass is 10.2. The number of nitrogens with one attached hydrogen (secondary N) is 2. The van der Waals surface area contributed by atoms with Gasteiger partial charge in [-0.3, -0.25) is 14.7 Å². The highest BCUT2D eigenvalue weighted by atomic mass is 35.5. The molecule has 1 aliphatic heterocycles. The Bertz CT molecular complexity index is 956. The topological polar surface area (TPSA) is 68.2 Å². The molecule has 1 aliphatic rings. The van der Waals surface area contributed by atoms with Gasteiger partial charge in [-0.05, 0) is 24.3 Å². The van der Waals surface area contributed by atoms with Gasteiger partial charge in [0.2, 0.25) is 11.9 Å². The molecule has 148 valence electrons. The molecular formula is C20H23ClN4O2S. The first-order valence-corrected chi connectivity index (χ1v) is 10.1. The van der Waals surface area contributed by atoms with Crippen molar-refractivity contribution >= 4 is 47.1 Å². The van der Waals surface area contributed by atoms with Crippen molar-refractivity contribution in [3.05, 3.63) is 48.5 Å². The summed E-state index contributed by atoms with van der Waals surface area (Å²) < 4.78 is 7.31. The SMILES string of the molecule is COc1cccc(-n2c(NC(=O)CC3CSCCN3)nc3ccccc32)c1.Cl. The largest absolute Gasteiger partial charge is 0.497 e. The summed E-state index contributed by atoms with van der Waals surface area (Å²) in [5.74, 6) is 3.31. The predicted octanol–water partition coefficient (Wildman–Crippen LogP) is 3.49. The van der Waals surface area contributed by atoms with E-state index in [-0.39, 0.29) is 24.4 Å². The fraction of sp³-hybridized carbons (Fsp3) is 0.300. The van der Waals surface area contributed by atoms with Crippen LogP contribution in [-0.2, 0) is 4.79 Å². The van der Waals surface area contributed by atoms with Gasteiger partial charge in [0.05, 0.1) is 23.8 Å². The summed E-state index contributed by atoms with van der Waals surface area (Å²) in [5, 5.41) is 6.40. The zero-order valence-corrected chi connectivity index (χ0v) is 17.2. The van der Waals surface area contributed by atoms with Gasteiger partial charge in [-0.25, -0.2) is 4.98 Å². The Morgan fingerprint density at radius 1 is 1.32 bits per heavy atom. The third kappa shape index (κ3) is 4.43. The van der Waals surface area contributed by atoms with Crippen LogP contribution in [-0.4, -0.2) is 46.7 Å². The zero-order chi connectivity index (χ0) is 18.6. The Labute approximate surface area is 174 Å². The van der Waals surface area contributed by atoms with Gasteiger partial charge in [-0.15, -0.1) is 12.4 Å². The minimum absolute atomic E-state index is 0. The van der Waals surface area contributed by atoms with Crippen molar-refractivity contribution in [2.75, 3.05) is 30.5 Å². The fourth-order valence-corrected chi connectivity index (χ4v) is 4.22. The summed E-state index contributed by atoms with van der Waals surface area (Å²) in [6, 6.07) is 15.8. The van der Waals surface area contributed by atoms with Crippen LogP contribution in [0.25, 0.3) is 16.7 Å². The molecule has 0 bridgehead atoms. The molecule has 1 saturated heterocycles. The average molecular weight is 419 g/mol. The number of carbonyl (C=O) groups excluding carboxylic acids is 1. The van der Waals surface area contributed by atoms with Gasteiger partial charge in [0.15, 0.2) is 0 Å². The highest BCUT2D eigenvalue weighted by molar-refractivity contribution is 7.99. The fourth-order valence-electron chi connectivity index (χ4n) is 3.27. The molecule has 1 fully saturated rings. The summed E-state index contributed by atoms with van der Waals surface area (Å²) in [6.07, 6.45) is 0.439. The number of hydrogen-bond donors (Lipinski definition) is 2. The van der Waals surface area contributed by atoms with Gasteiger partial charge in [-0.2, -0.15) is 11.8 Å². The first kappa shape index (κ1) is 20.5. The molecular weight excluding hydrogens is 396 g/mol. The van der Waals surface area contributed by atoms with Crippen LogP contribution >= 0.6 is 24.2 Å². The number of fused-ring (bicyclic) bond motifs is 1. The summed E-state index contributed by atoms with van der Waals surface area (Å²) in [6.45, 7) is 0.949. The van der Waals surface area contributed by atoms with E-state index in [2.05, 4.69) is 15.6 Å². The molecule has 4 rings (SSSR count). The van der Waals surface area contributed by atoms with Crippen LogP contribution in [0.15, 0.2) is 48.5 Å². The number of halogens is 1. The second-order valence-corrected chi connectivity index (χ2v) is 7.59. The molecule has 0 radical (unpaired) electrons. The third-order valence-corrected chi connectivity index (χ3v) is 5.68. The Morgan fingerprint density at radius 2 is 2.18 bits per heavy atom. The molecule has 0 spiro atoms. The lowest BCUT2D eigenvalue weighted by Crippen LogP contribution is -2.40. The van der Waals surface area contributed by atoms with Crippen LogP contribution in [0, 0.1) is 0 Å². The van der Waals surface area contributed by atoms with E-state index in [9.17, 15) is 4.79 Å². The van der Waals surface area contributed by atoms with Gasteiger partial charge in [0.25, 0.3) is 0 Å². The van der Waals surface area contributed by atoms with E-state index in [1.54, 1.807) is 7.11 Å². The molecule has 0 saturated carbocycles. The Morgan fingerprint density at radius 3 is 2.96 bits per heavy atom. The van der Waals surface area contributed by atoms with E-state index >= 15 is 0 Å². The van der Waals surface area contributed by atoms with E-state index in [0.717, 1.165) is 40.5 Å². The molecule has 2 N–H and O–H groups in total. The van der Waals surface area contributed by atoms with Crippen molar-refractivity contribution in [3.63, 3.8) is 0 Å². The number of amides is 1. The van der Waals surface area contributed by atoms with Gasteiger partial charge < -0.3 is 10.1 Å². The van der Waals surface area contributed by atoms with Crippen molar-refractivity contribution in [2.24, 2.45) is 0 Å². The van der Waals surface area contributed by atoms with E-state index in [4.69, 9.17) is 4.74 Å². The van der Waals surface area contributed by atoms with Crippen LogP contribution in [0.2, 0.25) is 0 Å². The van der Waals surface area contributed by atoms with E-state index < -0.39 is 0 Å². The highest BCUT2D eigenvalue weighted by Gasteiger charge is 2.19. The molecule has 2 aromatic carbocycles. The first-order chi connectivity index (χ1) is 13.2. The summed E-state index contributed by atoms with van der Waals surface area (Å²) in [4.78, 5) is 17.3. The van der Waals surface area contributed by atoms with Crippen molar-refractivity contribution in [2.45, 2.75) is 12.5 Å². The van der Waals surface area contributed by atoms with Gasteiger partial charge >= 0.3 is 0 Å². The molecule has 0 aliphatic carbocycles. The second-order valence-electron chi connectivity index (χ2n) is 6.44. The number of ether oxygens (including phenoxy) is 1. The van der Waals surface area contributed by atoms with Crippen LogP contribution < -0.4 is 15.4 Å². The van der Waals surface area contributed by atoms with Crippen molar-refractivity contribution in [3.8, 4) is 11.4 Å². The number of hydrogen-bond acceptors (Lipinski definition) is 5. The maximum absolute atomic E-state index is 12.6. The van der Waals surface area contributed by atoms with Crippen LogP contribution in [0.5, 0.6) is 5.75 Å². The van der Waals surface area contributed by atoms with E-state index in [0.29, 0.717) is 12.4 Å². The third-order valence-electron chi connectivity index (χ3n) is 4.55. The molecule has 28 heavy (non-hydrogen) atoms. The summed E-state index contributed by atoms with van der Waals surface area (Å²) in [5.41, 5.74) is 2.67. The van der Waals surface area contributed by atoms with Gasteiger partial charge in [0, 0.05) is 36.6 Å². The highest BCUT2D eigenvalue weighted by Crippen LogP contribution is 2.27. The second kappa shape index (κ2) is 9.32. The average Bonchev–Trinajstić information content (AvgIpc) is 3.06. The predicted molar refractivity (Wildman–Crippen MR) is 117 cm³/mol. The molecule has 6 nitrogen and oxygen atoms in total. The minimum Gasteiger partial charge on any atom is -0.497 e. The summed E-state index contributed by atoms with van der Waals surface area (Å²) >= 11 is 1.88.